The molecule has 0 bridgehead atoms. The summed E-state index contributed by atoms with van der Waals surface area (Å²) < 4.78 is 1.62. The Morgan fingerprint density at radius 1 is 1.22 bits per heavy atom. The van der Waals surface area contributed by atoms with Gasteiger partial charge in [-0.25, -0.2) is 4.68 Å². The maximum absolute atomic E-state index is 11.0. The van der Waals surface area contributed by atoms with E-state index >= 15 is 0 Å². The highest BCUT2D eigenvalue weighted by atomic mass is 16.6. The number of nitro groups is 1. The predicted octanol–water partition coefficient (Wildman–Crippen LogP) is 2.29. The second-order valence-corrected chi connectivity index (χ2v) is 4.30. The molecule has 0 saturated carbocycles. The highest BCUT2D eigenvalue weighted by Gasteiger charge is 2.16. The van der Waals surface area contributed by atoms with Gasteiger partial charge in [0.05, 0.1) is 10.6 Å². The molecular formula is C12H14N4O2. The number of hydrogen-bond acceptors (Lipinski definition) is 4. The molecule has 0 fully saturated rings. The first-order valence-electron chi connectivity index (χ1n) is 5.48. The Labute approximate surface area is 104 Å². The fourth-order valence-corrected chi connectivity index (χ4v) is 2.00. The number of nitro benzene ring substituents is 1. The Morgan fingerprint density at radius 2 is 1.89 bits per heavy atom. The molecule has 0 aliphatic carbocycles. The number of rotatable bonds is 2. The largest absolute Gasteiger partial charge is 0.382 e. The first-order chi connectivity index (χ1) is 8.40. The van der Waals surface area contributed by atoms with Crippen molar-refractivity contribution in [2.24, 2.45) is 0 Å². The number of anilines is 1. The van der Waals surface area contributed by atoms with Gasteiger partial charge in [0.2, 0.25) is 0 Å². The predicted molar refractivity (Wildman–Crippen MR) is 68.8 cm³/mol. The molecule has 6 nitrogen and oxygen atoms in total. The quantitative estimate of drug-likeness (QED) is 0.650. The third-order valence-corrected chi connectivity index (χ3v) is 2.85. The molecule has 0 atom stereocenters. The Bertz CT molecular complexity index is 631. The second-order valence-electron chi connectivity index (χ2n) is 4.30. The number of nitrogens with two attached hydrogens (primary N) is 1. The summed E-state index contributed by atoms with van der Waals surface area (Å²) in [4.78, 5) is 10.6. The number of aromatic nitrogens is 2. The van der Waals surface area contributed by atoms with E-state index in [1.54, 1.807) is 23.7 Å². The minimum absolute atomic E-state index is 0.0871. The van der Waals surface area contributed by atoms with Crippen LogP contribution in [0.15, 0.2) is 18.2 Å². The van der Waals surface area contributed by atoms with E-state index in [4.69, 9.17) is 5.73 Å². The molecule has 0 unspecified atom stereocenters. The van der Waals surface area contributed by atoms with Crippen LogP contribution in [0.25, 0.3) is 5.69 Å². The minimum Gasteiger partial charge on any atom is -0.382 e. The van der Waals surface area contributed by atoms with Crippen LogP contribution in [0.5, 0.6) is 0 Å². The fraction of sp³-hybridized carbons (Fsp3) is 0.250. The van der Waals surface area contributed by atoms with E-state index in [1.165, 1.54) is 6.07 Å². The maximum atomic E-state index is 11.0. The summed E-state index contributed by atoms with van der Waals surface area (Å²) in [6, 6.07) is 5.04. The van der Waals surface area contributed by atoms with Crippen molar-refractivity contribution in [2.45, 2.75) is 20.8 Å². The SMILES string of the molecule is Cc1cc(C)c([N+](=O)[O-])cc1-n1nc(N)cc1C. The van der Waals surface area contributed by atoms with Crippen molar-refractivity contribution in [3.05, 3.63) is 45.1 Å². The maximum Gasteiger partial charge on any atom is 0.274 e. The van der Waals surface area contributed by atoms with Crippen LogP contribution in [0.2, 0.25) is 0 Å². The van der Waals surface area contributed by atoms with Gasteiger partial charge in [0.25, 0.3) is 5.69 Å². The molecule has 6 heteroatoms. The number of benzene rings is 1. The summed E-state index contributed by atoms with van der Waals surface area (Å²) in [6.07, 6.45) is 0. The van der Waals surface area contributed by atoms with Crippen LogP contribution in [0.3, 0.4) is 0 Å². The standard InChI is InChI=1S/C12H14N4O2/c1-7-4-8(2)11(16(17)18)6-10(7)15-9(3)5-12(13)14-15/h4-6H,1-3H3,(H2,13,14). The molecule has 0 spiro atoms. The van der Waals surface area contributed by atoms with Crippen molar-refractivity contribution in [3.8, 4) is 5.69 Å². The summed E-state index contributed by atoms with van der Waals surface area (Å²) in [5, 5.41) is 15.1. The van der Waals surface area contributed by atoms with Crippen LogP contribution < -0.4 is 5.73 Å². The molecule has 0 saturated heterocycles. The van der Waals surface area contributed by atoms with Gasteiger partial charge in [-0.15, -0.1) is 0 Å². The van der Waals surface area contributed by atoms with Crippen LogP contribution in [0.4, 0.5) is 11.5 Å². The lowest BCUT2D eigenvalue weighted by Gasteiger charge is -2.09. The average Bonchev–Trinajstić information content (AvgIpc) is 2.57. The summed E-state index contributed by atoms with van der Waals surface area (Å²) in [5.74, 6) is 0.398. The van der Waals surface area contributed by atoms with Crippen LogP contribution in [-0.2, 0) is 0 Å². The van der Waals surface area contributed by atoms with E-state index in [0.717, 1.165) is 11.3 Å². The Balaban J connectivity index is 2.68. The van der Waals surface area contributed by atoms with E-state index in [0.29, 0.717) is 17.1 Å². The normalized spacial score (nSPS) is 10.6. The van der Waals surface area contributed by atoms with Crippen molar-refractivity contribution in [3.63, 3.8) is 0 Å². The zero-order chi connectivity index (χ0) is 13.4. The summed E-state index contributed by atoms with van der Waals surface area (Å²) >= 11 is 0. The first-order valence-corrected chi connectivity index (χ1v) is 5.48. The summed E-state index contributed by atoms with van der Waals surface area (Å²) in [5.41, 5.74) is 8.80. The van der Waals surface area contributed by atoms with Crippen molar-refractivity contribution in [2.75, 3.05) is 5.73 Å². The highest BCUT2D eigenvalue weighted by Crippen LogP contribution is 2.26. The average molecular weight is 246 g/mol. The van der Waals surface area contributed by atoms with Crippen LogP contribution in [0.1, 0.15) is 16.8 Å². The van der Waals surface area contributed by atoms with Gasteiger partial charge < -0.3 is 5.73 Å². The Morgan fingerprint density at radius 3 is 2.39 bits per heavy atom. The molecule has 1 aromatic heterocycles. The van der Waals surface area contributed by atoms with Gasteiger partial charge in [0.1, 0.15) is 5.82 Å². The number of nitrogen functional groups attached to an aromatic ring is 1. The monoisotopic (exact) mass is 246 g/mol. The molecule has 0 radical (unpaired) electrons. The van der Waals surface area contributed by atoms with Gasteiger partial charge in [-0.3, -0.25) is 10.1 Å². The van der Waals surface area contributed by atoms with E-state index in [2.05, 4.69) is 5.10 Å². The van der Waals surface area contributed by atoms with Gasteiger partial charge in [0, 0.05) is 23.4 Å². The topological polar surface area (TPSA) is 87.0 Å². The van der Waals surface area contributed by atoms with Crippen LogP contribution >= 0.6 is 0 Å². The lowest BCUT2D eigenvalue weighted by atomic mass is 10.1. The molecule has 2 rings (SSSR count). The van der Waals surface area contributed by atoms with Crippen molar-refractivity contribution in [1.82, 2.24) is 9.78 Å². The summed E-state index contributed by atoms with van der Waals surface area (Å²) in [6.45, 7) is 5.47. The van der Waals surface area contributed by atoms with Crippen molar-refractivity contribution < 1.29 is 4.92 Å². The van der Waals surface area contributed by atoms with Crippen LogP contribution in [0, 0.1) is 30.9 Å². The van der Waals surface area contributed by atoms with Crippen molar-refractivity contribution in [1.29, 1.82) is 0 Å². The number of hydrogen-bond donors (Lipinski definition) is 1. The van der Waals surface area contributed by atoms with Gasteiger partial charge in [-0.05, 0) is 32.4 Å². The smallest absolute Gasteiger partial charge is 0.274 e. The molecule has 18 heavy (non-hydrogen) atoms. The van der Waals surface area contributed by atoms with E-state index in [-0.39, 0.29) is 10.6 Å². The van der Waals surface area contributed by atoms with Gasteiger partial charge >= 0.3 is 0 Å². The third-order valence-electron chi connectivity index (χ3n) is 2.85. The molecule has 1 heterocycles. The lowest BCUT2D eigenvalue weighted by Crippen LogP contribution is -2.04. The molecular weight excluding hydrogens is 232 g/mol. The summed E-state index contributed by atoms with van der Waals surface area (Å²) in [7, 11) is 0. The molecule has 1 aromatic carbocycles. The molecule has 0 aliphatic heterocycles. The highest BCUT2D eigenvalue weighted by molar-refractivity contribution is 5.54. The Hall–Kier alpha value is -2.37. The molecule has 94 valence electrons. The van der Waals surface area contributed by atoms with E-state index in [9.17, 15) is 10.1 Å². The number of aryl methyl sites for hydroxylation is 3. The molecule has 0 amide bonds. The molecule has 2 aromatic rings. The van der Waals surface area contributed by atoms with Gasteiger partial charge in [-0.2, -0.15) is 5.10 Å². The van der Waals surface area contributed by atoms with E-state index in [1.807, 2.05) is 13.8 Å². The lowest BCUT2D eigenvalue weighted by molar-refractivity contribution is -0.385. The van der Waals surface area contributed by atoms with Gasteiger partial charge in [0.15, 0.2) is 0 Å². The first kappa shape index (κ1) is 12.1. The van der Waals surface area contributed by atoms with E-state index < -0.39 is 0 Å². The molecule has 0 aliphatic rings. The zero-order valence-electron chi connectivity index (χ0n) is 10.5. The third kappa shape index (κ3) is 1.92. The zero-order valence-corrected chi connectivity index (χ0v) is 10.5. The second kappa shape index (κ2) is 4.14. The van der Waals surface area contributed by atoms with Crippen LogP contribution in [-0.4, -0.2) is 14.7 Å². The molecule has 2 N–H and O–H groups in total. The van der Waals surface area contributed by atoms with Crippen molar-refractivity contribution >= 4 is 11.5 Å². The Kier molecular flexibility index (Phi) is 2.78. The minimum atomic E-state index is -0.388. The fourth-order valence-electron chi connectivity index (χ4n) is 2.00. The van der Waals surface area contributed by atoms with Gasteiger partial charge in [-0.1, -0.05) is 0 Å². The number of nitrogens with zero attached hydrogens (tertiary/aromatic N) is 3.